The largest absolute Gasteiger partial charge is 0.384 e. The van der Waals surface area contributed by atoms with Crippen LogP contribution in [0.5, 0.6) is 0 Å². The topological polar surface area (TPSA) is 45.1 Å². The van der Waals surface area contributed by atoms with Gasteiger partial charge in [0.15, 0.2) is 0 Å². The fraction of sp³-hybridized carbons (Fsp3) is 0.357. The Bertz CT molecular complexity index is 503. The van der Waals surface area contributed by atoms with Gasteiger partial charge in [0.25, 0.3) is 0 Å². The molecule has 3 heteroatoms. The molecule has 2 aromatic rings. The molecule has 0 aliphatic heterocycles. The predicted octanol–water partition coefficient (Wildman–Crippen LogP) is 2.05. The van der Waals surface area contributed by atoms with Gasteiger partial charge in [-0.1, -0.05) is 25.1 Å². The van der Waals surface area contributed by atoms with Crippen LogP contribution in [0.3, 0.4) is 0 Å². The maximum atomic E-state index is 10.5. The Hall–Kier alpha value is -1.45. The minimum atomic E-state index is -0.864. The average molecular weight is 230 g/mol. The normalized spacial score (nSPS) is 14.8. The second kappa shape index (κ2) is 4.82. The molecule has 0 saturated carbocycles. The van der Waals surface area contributed by atoms with Crippen molar-refractivity contribution >= 4 is 10.8 Å². The van der Waals surface area contributed by atoms with E-state index in [9.17, 15) is 5.11 Å². The minimum absolute atomic E-state index is 0.547. The number of pyridine rings is 1. The van der Waals surface area contributed by atoms with Crippen LogP contribution in [0.25, 0.3) is 10.8 Å². The number of aliphatic hydroxyl groups is 1. The standard InChI is InChI=1S/C14H18N2O/c1-3-15-10-14(2,17)13-6-4-5-11-9-16-8-7-12(11)13/h4-9,15,17H,3,10H2,1-2H3. The van der Waals surface area contributed by atoms with E-state index in [1.165, 1.54) is 0 Å². The maximum Gasteiger partial charge on any atom is 0.0998 e. The van der Waals surface area contributed by atoms with Crippen LogP contribution in [0, 0.1) is 0 Å². The van der Waals surface area contributed by atoms with E-state index in [2.05, 4.69) is 10.3 Å². The first kappa shape index (κ1) is 12.0. The summed E-state index contributed by atoms with van der Waals surface area (Å²) in [5, 5.41) is 15.8. The predicted molar refractivity (Wildman–Crippen MR) is 69.9 cm³/mol. The van der Waals surface area contributed by atoms with Gasteiger partial charge < -0.3 is 10.4 Å². The molecule has 0 radical (unpaired) electrons. The molecule has 3 nitrogen and oxygen atoms in total. The lowest BCUT2D eigenvalue weighted by molar-refractivity contribution is 0.0591. The van der Waals surface area contributed by atoms with Gasteiger partial charge in [-0.15, -0.1) is 0 Å². The molecule has 1 heterocycles. The summed E-state index contributed by atoms with van der Waals surface area (Å²) >= 11 is 0. The number of nitrogens with one attached hydrogen (secondary N) is 1. The third-order valence-corrected chi connectivity index (χ3v) is 2.98. The molecule has 2 N–H and O–H groups in total. The Morgan fingerprint density at radius 3 is 2.94 bits per heavy atom. The molecular formula is C14H18N2O. The van der Waals surface area contributed by atoms with Crippen molar-refractivity contribution in [3.63, 3.8) is 0 Å². The first-order valence-corrected chi connectivity index (χ1v) is 5.91. The summed E-state index contributed by atoms with van der Waals surface area (Å²) in [7, 11) is 0. The van der Waals surface area contributed by atoms with E-state index in [-0.39, 0.29) is 0 Å². The van der Waals surface area contributed by atoms with Crippen molar-refractivity contribution in [1.29, 1.82) is 0 Å². The van der Waals surface area contributed by atoms with Crippen LogP contribution < -0.4 is 5.32 Å². The molecule has 0 aliphatic rings. The van der Waals surface area contributed by atoms with Crippen LogP contribution in [-0.2, 0) is 5.60 Å². The zero-order valence-electron chi connectivity index (χ0n) is 10.3. The lowest BCUT2D eigenvalue weighted by Gasteiger charge is -2.25. The summed E-state index contributed by atoms with van der Waals surface area (Å²) in [6.07, 6.45) is 3.58. The van der Waals surface area contributed by atoms with Gasteiger partial charge in [0.2, 0.25) is 0 Å². The van der Waals surface area contributed by atoms with Crippen LogP contribution >= 0.6 is 0 Å². The first-order valence-electron chi connectivity index (χ1n) is 5.91. The Labute approximate surface area is 102 Å². The second-order valence-corrected chi connectivity index (χ2v) is 4.46. The van der Waals surface area contributed by atoms with Crippen molar-refractivity contribution in [1.82, 2.24) is 10.3 Å². The molecule has 0 spiro atoms. The van der Waals surface area contributed by atoms with Crippen LogP contribution in [0.1, 0.15) is 19.4 Å². The van der Waals surface area contributed by atoms with E-state index in [4.69, 9.17) is 0 Å². The number of fused-ring (bicyclic) bond motifs is 1. The molecule has 1 unspecified atom stereocenters. The number of benzene rings is 1. The van der Waals surface area contributed by atoms with Crippen molar-refractivity contribution in [2.24, 2.45) is 0 Å². The number of rotatable bonds is 4. The summed E-state index contributed by atoms with van der Waals surface area (Å²) in [5.41, 5.74) is 0.0787. The van der Waals surface area contributed by atoms with E-state index in [1.807, 2.05) is 44.3 Å². The van der Waals surface area contributed by atoms with Gasteiger partial charge in [0, 0.05) is 24.3 Å². The van der Waals surface area contributed by atoms with Crippen molar-refractivity contribution in [2.45, 2.75) is 19.4 Å². The van der Waals surface area contributed by atoms with E-state index in [1.54, 1.807) is 6.20 Å². The molecule has 90 valence electrons. The number of hydrogen-bond donors (Lipinski definition) is 2. The summed E-state index contributed by atoms with van der Waals surface area (Å²) in [6, 6.07) is 7.89. The van der Waals surface area contributed by atoms with Gasteiger partial charge in [0.1, 0.15) is 0 Å². The highest BCUT2D eigenvalue weighted by molar-refractivity contribution is 5.85. The fourth-order valence-corrected chi connectivity index (χ4v) is 2.06. The fourth-order valence-electron chi connectivity index (χ4n) is 2.06. The lowest BCUT2D eigenvalue weighted by Crippen LogP contribution is -2.35. The van der Waals surface area contributed by atoms with E-state index < -0.39 is 5.60 Å². The number of likely N-dealkylation sites (N-methyl/N-ethyl adjacent to an activating group) is 1. The molecule has 2 rings (SSSR count). The number of hydrogen-bond acceptors (Lipinski definition) is 3. The van der Waals surface area contributed by atoms with Crippen LogP contribution in [0.15, 0.2) is 36.7 Å². The molecular weight excluding hydrogens is 212 g/mol. The molecule has 0 aliphatic carbocycles. The zero-order chi connectivity index (χ0) is 12.3. The summed E-state index contributed by atoms with van der Waals surface area (Å²) < 4.78 is 0. The molecule has 1 aromatic heterocycles. The Morgan fingerprint density at radius 1 is 1.35 bits per heavy atom. The van der Waals surface area contributed by atoms with Crippen molar-refractivity contribution in [3.05, 3.63) is 42.2 Å². The smallest absolute Gasteiger partial charge is 0.0998 e. The van der Waals surface area contributed by atoms with E-state index in [0.717, 1.165) is 22.9 Å². The maximum absolute atomic E-state index is 10.5. The highest BCUT2D eigenvalue weighted by Gasteiger charge is 2.24. The second-order valence-electron chi connectivity index (χ2n) is 4.46. The molecule has 1 aromatic carbocycles. The Balaban J connectivity index is 2.47. The summed E-state index contributed by atoms with van der Waals surface area (Å²) in [5.74, 6) is 0. The Kier molecular flexibility index (Phi) is 3.41. The van der Waals surface area contributed by atoms with Gasteiger partial charge in [-0.3, -0.25) is 4.98 Å². The average Bonchev–Trinajstić information content (AvgIpc) is 2.36. The molecule has 0 fully saturated rings. The van der Waals surface area contributed by atoms with Gasteiger partial charge >= 0.3 is 0 Å². The molecule has 0 saturated heterocycles. The van der Waals surface area contributed by atoms with Gasteiger partial charge in [0.05, 0.1) is 5.60 Å². The Morgan fingerprint density at radius 2 is 2.18 bits per heavy atom. The summed E-state index contributed by atoms with van der Waals surface area (Å²) in [6.45, 7) is 5.27. The SMILES string of the molecule is CCNCC(C)(O)c1cccc2cnccc12. The minimum Gasteiger partial charge on any atom is -0.384 e. The molecule has 0 amide bonds. The molecule has 1 atom stereocenters. The summed E-state index contributed by atoms with van der Waals surface area (Å²) in [4.78, 5) is 4.10. The van der Waals surface area contributed by atoms with Gasteiger partial charge in [-0.2, -0.15) is 0 Å². The quantitative estimate of drug-likeness (QED) is 0.845. The monoisotopic (exact) mass is 230 g/mol. The van der Waals surface area contributed by atoms with Crippen LogP contribution in [0.4, 0.5) is 0 Å². The van der Waals surface area contributed by atoms with E-state index >= 15 is 0 Å². The van der Waals surface area contributed by atoms with Crippen molar-refractivity contribution < 1.29 is 5.11 Å². The first-order chi connectivity index (χ1) is 8.15. The van der Waals surface area contributed by atoms with Crippen molar-refractivity contribution in [3.8, 4) is 0 Å². The van der Waals surface area contributed by atoms with Gasteiger partial charge in [-0.05, 0) is 30.5 Å². The van der Waals surface area contributed by atoms with Crippen LogP contribution in [0.2, 0.25) is 0 Å². The highest BCUT2D eigenvalue weighted by Crippen LogP contribution is 2.27. The molecule has 17 heavy (non-hydrogen) atoms. The third kappa shape index (κ3) is 2.46. The highest BCUT2D eigenvalue weighted by atomic mass is 16.3. The number of aromatic nitrogens is 1. The zero-order valence-corrected chi connectivity index (χ0v) is 10.3. The van der Waals surface area contributed by atoms with Gasteiger partial charge in [-0.25, -0.2) is 0 Å². The molecule has 0 bridgehead atoms. The third-order valence-electron chi connectivity index (χ3n) is 2.98. The number of nitrogens with zero attached hydrogens (tertiary/aromatic N) is 1. The van der Waals surface area contributed by atoms with Crippen molar-refractivity contribution in [2.75, 3.05) is 13.1 Å². The van der Waals surface area contributed by atoms with Crippen LogP contribution in [-0.4, -0.2) is 23.2 Å². The lowest BCUT2D eigenvalue weighted by atomic mass is 9.91. The van der Waals surface area contributed by atoms with E-state index in [0.29, 0.717) is 6.54 Å².